The van der Waals surface area contributed by atoms with Gasteiger partial charge in [-0.1, -0.05) is 48.0 Å². The predicted molar refractivity (Wildman–Crippen MR) is 96.8 cm³/mol. The van der Waals surface area contributed by atoms with Crippen molar-refractivity contribution in [1.82, 2.24) is 0 Å². The fourth-order valence-electron chi connectivity index (χ4n) is 2.20. The van der Waals surface area contributed by atoms with Gasteiger partial charge in [0.25, 0.3) is 0 Å². The number of benzene rings is 3. The first-order chi connectivity index (χ1) is 11.7. The second kappa shape index (κ2) is 7.33. The van der Waals surface area contributed by atoms with Crippen LogP contribution in [-0.4, -0.2) is 6.03 Å². The molecule has 2 amide bonds. The molecule has 0 fully saturated rings. The normalized spacial score (nSPS) is 10.0. The lowest BCUT2D eigenvalue weighted by molar-refractivity contribution is 0.262. The molecule has 120 valence electrons. The van der Waals surface area contributed by atoms with Crippen LogP contribution in [0.15, 0.2) is 78.9 Å². The molecule has 0 heterocycles. The Kier molecular flexibility index (Phi) is 4.77. The van der Waals surface area contributed by atoms with Gasteiger partial charge in [-0.3, -0.25) is 0 Å². The Balaban J connectivity index is 1.70. The fraction of sp³-hybridized carbons (Fsp3) is 0.0500. The van der Waals surface area contributed by atoms with E-state index in [1.807, 2.05) is 79.7 Å². The van der Waals surface area contributed by atoms with Gasteiger partial charge in [0.2, 0.25) is 0 Å². The molecule has 0 unspecified atom stereocenters. The Labute approximate surface area is 141 Å². The molecule has 0 radical (unpaired) electrons. The Hall–Kier alpha value is -3.27. The van der Waals surface area contributed by atoms with Gasteiger partial charge in [-0.15, -0.1) is 0 Å². The molecule has 2 N–H and O–H groups in total. The SMILES string of the molecule is Cc1ccc(NC(=O)Nc2ccccc2Oc2ccccc2)cc1. The van der Waals surface area contributed by atoms with Gasteiger partial charge in [-0.2, -0.15) is 0 Å². The van der Waals surface area contributed by atoms with Crippen LogP contribution >= 0.6 is 0 Å². The minimum Gasteiger partial charge on any atom is -0.455 e. The highest BCUT2D eigenvalue weighted by Gasteiger charge is 2.08. The van der Waals surface area contributed by atoms with Crippen molar-refractivity contribution in [3.05, 3.63) is 84.4 Å². The highest BCUT2D eigenvalue weighted by atomic mass is 16.5. The molecule has 3 aromatic carbocycles. The number of para-hydroxylation sites is 3. The van der Waals surface area contributed by atoms with Gasteiger partial charge >= 0.3 is 6.03 Å². The Morgan fingerprint density at radius 3 is 2.21 bits per heavy atom. The number of carbonyl (C=O) groups is 1. The molecule has 3 aromatic rings. The van der Waals surface area contributed by atoms with Crippen molar-refractivity contribution in [1.29, 1.82) is 0 Å². The Bertz CT molecular complexity index is 815. The lowest BCUT2D eigenvalue weighted by atomic mass is 10.2. The van der Waals surface area contributed by atoms with Crippen molar-refractivity contribution >= 4 is 17.4 Å². The summed E-state index contributed by atoms with van der Waals surface area (Å²) in [6, 6.07) is 24.1. The molecule has 24 heavy (non-hydrogen) atoms. The number of rotatable bonds is 4. The number of hydrogen-bond acceptors (Lipinski definition) is 2. The molecule has 0 atom stereocenters. The van der Waals surface area contributed by atoms with Gasteiger partial charge in [0.15, 0.2) is 5.75 Å². The minimum absolute atomic E-state index is 0.317. The summed E-state index contributed by atoms with van der Waals surface area (Å²) in [7, 11) is 0. The fourth-order valence-corrected chi connectivity index (χ4v) is 2.20. The average molecular weight is 318 g/mol. The maximum Gasteiger partial charge on any atom is 0.323 e. The third kappa shape index (κ3) is 4.14. The van der Waals surface area contributed by atoms with Crippen LogP contribution in [0.2, 0.25) is 0 Å². The van der Waals surface area contributed by atoms with Crippen molar-refractivity contribution in [3.63, 3.8) is 0 Å². The zero-order chi connectivity index (χ0) is 16.8. The molecule has 4 heteroatoms. The average Bonchev–Trinajstić information content (AvgIpc) is 2.60. The summed E-state index contributed by atoms with van der Waals surface area (Å²) in [5.41, 5.74) is 2.48. The van der Waals surface area contributed by atoms with Crippen LogP contribution in [0, 0.1) is 6.92 Å². The molecule has 0 aliphatic rings. The second-order valence-electron chi connectivity index (χ2n) is 5.36. The number of nitrogens with one attached hydrogen (secondary N) is 2. The first kappa shape index (κ1) is 15.6. The van der Waals surface area contributed by atoms with Crippen LogP contribution in [0.3, 0.4) is 0 Å². The monoisotopic (exact) mass is 318 g/mol. The molecule has 0 bridgehead atoms. The van der Waals surface area contributed by atoms with Crippen LogP contribution in [-0.2, 0) is 0 Å². The van der Waals surface area contributed by atoms with Crippen molar-refractivity contribution in [2.45, 2.75) is 6.92 Å². The maximum absolute atomic E-state index is 12.2. The third-order valence-electron chi connectivity index (χ3n) is 3.42. The molecule has 0 aliphatic carbocycles. The molecule has 4 nitrogen and oxygen atoms in total. The Morgan fingerprint density at radius 2 is 1.46 bits per heavy atom. The second-order valence-corrected chi connectivity index (χ2v) is 5.36. The summed E-state index contributed by atoms with van der Waals surface area (Å²) >= 11 is 0. The number of carbonyl (C=O) groups excluding carboxylic acids is 1. The van der Waals surface area contributed by atoms with Crippen LogP contribution in [0.5, 0.6) is 11.5 Å². The lowest BCUT2D eigenvalue weighted by Crippen LogP contribution is -2.19. The van der Waals surface area contributed by atoms with Gasteiger partial charge in [-0.05, 0) is 43.3 Å². The third-order valence-corrected chi connectivity index (χ3v) is 3.42. The number of amides is 2. The summed E-state index contributed by atoms with van der Waals surface area (Å²) in [6.45, 7) is 2.00. The van der Waals surface area contributed by atoms with E-state index in [4.69, 9.17) is 4.74 Å². The largest absolute Gasteiger partial charge is 0.455 e. The summed E-state index contributed by atoms with van der Waals surface area (Å²) in [4.78, 5) is 12.2. The van der Waals surface area contributed by atoms with Gasteiger partial charge in [0, 0.05) is 5.69 Å². The summed E-state index contributed by atoms with van der Waals surface area (Å²) in [6.07, 6.45) is 0. The summed E-state index contributed by atoms with van der Waals surface area (Å²) in [5.74, 6) is 1.30. The van der Waals surface area contributed by atoms with Gasteiger partial charge in [0.1, 0.15) is 5.75 Å². The maximum atomic E-state index is 12.2. The first-order valence-corrected chi connectivity index (χ1v) is 7.67. The minimum atomic E-state index is -0.317. The highest BCUT2D eigenvalue weighted by Crippen LogP contribution is 2.29. The smallest absolute Gasteiger partial charge is 0.323 e. The quantitative estimate of drug-likeness (QED) is 0.673. The number of anilines is 2. The van der Waals surface area contributed by atoms with E-state index in [9.17, 15) is 4.79 Å². The Morgan fingerprint density at radius 1 is 0.792 bits per heavy atom. The van der Waals surface area contributed by atoms with Crippen LogP contribution in [0.1, 0.15) is 5.56 Å². The van der Waals surface area contributed by atoms with E-state index in [2.05, 4.69) is 10.6 Å². The molecular formula is C20H18N2O2. The van der Waals surface area contributed by atoms with E-state index in [-0.39, 0.29) is 6.03 Å². The lowest BCUT2D eigenvalue weighted by Gasteiger charge is -2.13. The number of urea groups is 1. The number of ether oxygens (including phenoxy) is 1. The van der Waals surface area contributed by atoms with Crippen molar-refractivity contribution in [3.8, 4) is 11.5 Å². The van der Waals surface area contributed by atoms with E-state index < -0.39 is 0 Å². The zero-order valence-electron chi connectivity index (χ0n) is 13.3. The molecule has 0 saturated heterocycles. The van der Waals surface area contributed by atoms with Crippen LogP contribution < -0.4 is 15.4 Å². The number of aryl methyl sites for hydroxylation is 1. The summed E-state index contributed by atoms with van der Waals surface area (Å²) < 4.78 is 5.83. The topological polar surface area (TPSA) is 50.4 Å². The molecular weight excluding hydrogens is 300 g/mol. The van der Waals surface area contributed by atoms with E-state index in [1.165, 1.54) is 0 Å². The summed E-state index contributed by atoms with van der Waals surface area (Å²) in [5, 5.41) is 5.62. The zero-order valence-corrected chi connectivity index (χ0v) is 13.3. The first-order valence-electron chi connectivity index (χ1n) is 7.67. The van der Waals surface area contributed by atoms with Gasteiger partial charge < -0.3 is 15.4 Å². The number of hydrogen-bond donors (Lipinski definition) is 2. The molecule has 0 aliphatic heterocycles. The van der Waals surface area contributed by atoms with E-state index >= 15 is 0 Å². The standard InChI is InChI=1S/C20H18N2O2/c1-15-11-13-16(14-12-15)21-20(23)22-18-9-5-6-10-19(18)24-17-7-3-2-4-8-17/h2-14H,1H3,(H2,21,22,23). The molecule has 0 saturated carbocycles. The van der Waals surface area contributed by atoms with Gasteiger partial charge in [-0.25, -0.2) is 4.79 Å². The van der Waals surface area contributed by atoms with Crippen molar-refractivity contribution < 1.29 is 9.53 Å². The van der Waals surface area contributed by atoms with E-state index in [1.54, 1.807) is 6.07 Å². The highest BCUT2D eigenvalue weighted by molar-refractivity contribution is 6.00. The molecule has 0 aromatic heterocycles. The predicted octanol–water partition coefficient (Wildman–Crippen LogP) is 5.43. The van der Waals surface area contributed by atoms with E-state index in [0.717, 1.165) is 11.3 Å². The van der Waals surface area contributed by atoms with Crippen LogP contribution in [0.4, 0.5) is 16.2 Å². The van der Waals surface area contributed by atoms with E-state index in [0.29, 0.717) is 17.2 Å². The molecule has 3 rings (SSSR count). The molecule has 0 spiro atoms. The van der Waals surface area contributed by atoms with Crippen molar-refractivity contribution in [2.24, 2.45) is 0 Å². The van der Waals surface area contributed by atoms with Gasteiger partial charge in [0.05, 0.1) is 5.69 Å². The van der Waals surface area contributed by atoms with Crippen LogP contribution in [0.25, 0.3) is 0 Å². The van der Waals surface area contributed by atoms with Crippen molar-refractivity contribution in [2.75, 3.05) is 10.6 Å².